The third kappa shape index (κ3) is 4.06. The molecule has 2 aromatic carbocycles. The summed E-state index contributed by atoms with van der Waals surface area (Å²) >= 11 is 7.39. The number of benzene rings is 2. The number of ketones is 1. The van der Waals surface area contributed by atoms with Crippen LogP contribution in [0, 0.1) is 0 Å². The molecule has 0 atom stereocenters. The second kappa shape index (κ2) is 7.06. The minimum atomic E-state index is -0.209. The zero-order valence-electron chi connectivity index (χ0n) is 12.2. The second-order valence-corrected chi connectivity index (χ2v) is 6.51. The van der Waals surface area contributed by atoms with E-state index in [9.17, 15) is 9.59 Å². The van der Waals surface area contributed by atoms with Gasteiger partial charge < -0.3 is 10.1 Å². The van der Waals surface area contributed by atoms with E-state index < -0.39 is 0 Å². The molecule has 0 aromatic heterocycles. The Morgan fingerprint density at radius 2 is 2.00 bits per heavy atom. The third-order valence-electron chi connectivity index (χ3n) is 3.35. The van der Waals surface area contributed by atoms with Crippen LogP contribution in [0.25, 0.3) is 0 Å². The summed E-state index contributed by atoms with van der Waals surface area (Å²) < 4.78 is 5.28. The maximum Gasteiger partial charge on any atom is 0.262 e. The number of thioether (sulfide) groups is 1. The molecule has 1 heterocycles. The quantitative estimate of drug-likeness (QED) is 0.836. The lowest BCUT2D eigenvalue weighted by molar-refractivity contribution is -0.118. The van der Waals surface area contributed by atoms with Crippen LogP contribution in [-0.4, -0.2) is 24.1 Å². The lowest BCUT2D eigenvalue weighted by Gasteiger charge is -2.18. The van der Waals surface area contributed by atoms with Crippen molar-refractivity contribution in [2.45, 2.75) is 5.75 Å². The van der Waals surface area contributed by atoms with Gasteiger partial charge in [-0.25, -0.2) is 0 Å². The van der Waals surface area contributed by atoms with Gasteiger partial charge in [-0.15, -0.1) is 11.8 Å². The zero-order chi connectivity index (χ0) is 16.2. The van der Waals surface area contributed by atoms with Crippen molar-refractivity contribution in [3.05, 3.63) is 58.6 Å². The number of carbonyl (C=O) groups is 2. The van der Waals surface area contributed by atoms with Gasteiger partial charge in [-0.2, -0.15) is 0 Å². The van der Waals surface area contributed by atoms with Crippen molar-refractivity contribution in [1.82, 2.24) is 0 Å². The Balaban J connectivity index is 1.59. The molecule has 118 valence electrons. The van der Waals surface area contributed by atoms with Crippen LogP contribution in [-0.2, 0) is 10.5 Å². The summed E-state index contributed by atoms with van der Waals surface area (Å²) in [5.41, 5.74) is 2.24. The summed E-state index contributed by atoms with van der Waals surface area (Å²) in [7, 11) is 0. The molecule has 3 rings (SSSR count). The van der Waals surface area contributed by atoms with Gasteiger partial charge >= 0.3 is 0 Å². The fourth-order valence-corrected chi connectivity index (χ4v) is 3.19. The number of fused-ring (bicyclic) bond motifs is 1. The van der Waals surface area contributed by atoms with E-state index in [0.29, 0.717) is 27.8 Å². The molecule has 0 bridgehead atoms. The van der Waals surface area contributed by atoms with Crippen LogP contribution < -0.4 is 10.1 Å². The van der Waals surface area contributed by atoms with Gasteiger partial charge in [-0.1, -0.05) is 23.7 Å². The summed E-state index contributed by atoms with van der Waals surface area (Å²) in [6.07, 6.45) is 0. The highest BCUT2D eigenvalue weighted by Gasteiger charge is 2.17. The van der Waals surface area contributed by atoms with Gasteiger partial charge in [0.1, 0.15) is 5.75 Å². The maximum atomic E-state index is 12.3. The van der Waals surface area contributed by atoms with Gasteiger partial charge in [-0.05, 0) is 35.9 Å². The number of carbonyl (C=O) groups excluding carboxylic acids is 2. The third-order valence-corrected chi connectivity index (χ3v) is 4.61. The molecule has 1 aliphatic heterocycles. The summed E-state index contributed by atoms with van der Waals surface area (Å²) in [5.74, 6) is 1.52. The standard InChI is InChI=1S/C17H14ClNO3S/c18-13-4-1-11(2-5-13)9-23-10-15(20)12-3-6-16-14(7-12)19-17(21)8-22-16/h1-7H,8-10H2,(H,19,21). The fourth-order valence-electron chi connectivity index (χ4n) is 2.18. The number of amides is 1. The molecule has 0 spiro atoms. The molecule has 2 aromatic rings. The first-order chi connectivity index (χ1) is 11.1. The predicted molar refractivity (Wildman–Crippen MR) is 92.5 cm³/mol. The SMILES string of the molecule is O=C1COc2ccc(C(=O)CSCc3ccc(Cl)cc3)cc2N1. The van der Waals surface area contributed by atoms with Crippen LogP contribution in [0.5, 0.6) is 5.75 Å². The van der Waals surface area contributed by atoms with Crippen LogP contribution in [0.1, 0.15) is 15.9 Å². The zero-order valence-corrected chi connectivity index (χ0v) is 13.7. The van der Waals surface area contributed by atoms with Crippen molar-refractivity contribution in [1.29, 1.82) is 0 Å². The molecule has 1 aliphatic rings. The smallest absolute Gasteiger partial charge is 0.262 e. The molecule has 1 amide bonds. The first-order valence-electron chi connectivity index (χ1n) is 7.04. The van der Waals surface area contributed by atoms with Crippen molar-refractivity contribution in [2.24, 2.45) is 0 Å². The molecule has 6 heteroatoms. The Morgan fingerprint density at radius 3 is 2.78 bits per heavy atom. The molecule has 4 nitrogen and oxygen atoms in total. The molecular weight excluding hydrogens is 334 g/mol. The Hall–Kier alpha value is -1.98. The van der Waals surface area contributed by atoms with E-state index in [1.165, 1.54) is 0 Å². The van der Waals surface area contributed by atoms with Crippen molar-refractivity contribution in [3.8, 4) is 5.75 Å². The molecule has 0 aliphatic carbocycles. The molecule has 0 radical (unpaired) electrons. The number of anilines is 1. The number of hydrogen-bond donors (Lipinski definition) is 1. The Morgan fingerprint density at radius 1 is 1.22 bits per heavy atom. The van der Waals surface area contributed by atoms with Crippen LogP contribution in [0.3, 0.4) is 0 Å². The van der Waals surface area contributed by atoms with Crippen molar-refractivity contribution in [3.63, 3.8) is 0 Å². The highest BCUT2D eigenvalue weighted by atomic mass is 35.5. The van der Waals surface area contributed by atoms with E-state index in [1.807, 2.05) is 24.3 Å². The van der Waals surface area contributed by atoms with Crippen molar-refractivity contribution >= 4 is 40.7 Å². The summed E-state index contributed by atoms with van der Waals surface area (Å²) in [4.78, 5) is 23.6. The van der Waals surface area contributed by atoms with Gasteiger partial charge in [0.15, 0.2) is 12.4 Å². The van der Waals surface area contributed by atoms with Crippen molar-refractivity contribution in [2.75, 3.05) is 17.7 Å². The summed E-state index contributed by atoms with van der Waals surface area (Å²) in [5, 5.41) is 3.41. The second-order valence-electron chi connectivity index (χ2n) is 5.09. The molecule has 0 saturated carbocycles. The average molecular weight is 348 g/mol. The van der Waals surface area contributed by atoms with Gasteiger partial charge in [0, 0.05) is 16.3 Å². The van der Waals surface area contributed by atoms with E-state index in [4.69, 9.17) is 16.3 Å². The molecule has 23 heavy (non-hydrogen) atoms. The Bertz CT molecular complexity index is 746. The largest absolute Gasteiger partial charge is 0.482 e. The fraction of sp³-hybridized carbons (Fsp3) is 0.176. The van der Waals surface area contributed by atoms with E-state index in [1.54, 1.807) is 30.0 Å². The monoisotopic (exact) mass is 347 g/mol. The molecule has 0 saturated heterocycles. The van der Waals surface area contributed by atoms with Crippen molar-refractivity contribution < 1.29 is 14.3 Å². The molecule has 0 fully saturated rings. The predicted octanol–water partition coefficient (Wildman–Crippen LogP) is 3.79. The first kappa shape index (κ1) is 15.9. The Kier molecular flexibility index (Phi) is 4.88. The van der Waals surface area contributed by atoms with E-state index in [2.05, 4.69) is 5.32 Å². The van der Waals surface area contributed by atoms with Crippen LogP contribution in [0.4, 0.5) is 5.69 Å². The van der Waals surface area contributed by atoms with Crippen LogP contribution in [0.2, 0.25) is 5.02 Å². The van der Waals surface area contributed by atoms with Gasteiger partial charge in [0.2, 0.25) is 0 Å². The molecular formula is C17H14ClNO3S. The number of Topliss-reactive ketones (excluding diaryl/α,β-unsaturated/α-hetero) is 1. The van der Waals surface area contributed by atoms with Gasteiger partial charge in [-0.3, -0.25) is 9.59 Å². The topological polar surface area (TPSA) is 55.4 Å². The minimum Gasteiger partial charge on any atom is -0.482 e. The van der Waals surface area contributed by atoms with Gasteiger partial charge in [0.05, 0.1) is 11.4 Å². The number of hydrogen-bond acceptors (Lipinski definition) is 4. The number of nitrogens with one attached hydrogen (secondary N) is 1. The summed E-state index contributed by atoms with van der Waals surface area (Å²) in [6.45, 7) is 0.0111. The summed E-state index contributed by atoms with van der Waals surface area (Å²) in [6, 6.07) is 12.7. The lowest BCUT2D eigenvalue weighted by Crippen LogP contribution is -2.25. The maximum absolute atomic E-state index is 12.3. The molecule has 0 unspecified atom stereocenters. The lowest BCUT2D eigenvalue weighted by atomic mass is 10.1. The first-order valence-corrected chi connectivity index (χ1v) is 8.57. The number of halogens is 1. The highest BCUT2D eigenvalue weighted by molar-refractivity contribution is 7.99. The highest BCUT2D eigenvalue weighted by Crippen LogP contribution is 2.29. The normalized spacial score (nSPS) is 13.0. The van der Waals surface area contributed by atoms with E-state index in [0.717, 1.165) is 11.3 Å². The van der Waals surface area contributed by atoms with E-state index >= 15 is 0 Å². The number of ether oxygens (including phenoxy) is 1. The van der Waals surface area contributed by atoms with Crippen LogP contribution >= 0.6 is 23.4 Å². The van der Waals surface area contributed by atoms with Gasteiger partial charge in [0.25, 0.3) is 5.91 Å². The molecule has 1 N–H and O–H groups in total. The number of rotatable bonds is 5. The Labute approximate surface area is 143 Å². The average Bonchev–Trinajstić information content (AvgIpc) is 2.56. The van der Waals surface area contributed by atoms with Crippen LogP contribution in [0.15, 0.2) is 42.5 Å². The van der Waals surface area contributed by atoms with E-state index in [-0.39, 0.29) is 18.3 Å². The minimum absolute atomic E-state index is 0.0111.